The highest BCUT2D eigenvalue weighted by Gasteiger charge is 2.25. The van der Waals surface area contributed by atoms with Crippen LogP contribution in [0.15, 0.2) is 59.1 Å². The first kappa shape index (κ1) is 21.6. The Bertz CT molecular complexity index is 966. The molecule has 1 aliphatic rings. The van der Waals surface area contributed by atoms with Gasteiger partial charge in [0.1, 0.15) is 0 Å². The standard InChI is InChI=1S/C25H28ClN3O2/c26-21-14-12-20(13-15-21)25-27-23(31-28-25)17-18-29(22-9-5-2-6-10-22)24(30)16-11-19-7-3-1-4-8-19/h1,3-4,7-8,12-15,22H,2,5-6,9-11,16-18H2. The van der Waals surface area contributed by atoms with Crippen molar-refractivity contribution in [1.29, 1.82) is 0 Å². The number of hydrogen-bond donors (Lipinski definition) is 0. The molecule has 1 aromatic heterocycles. The topological polar surface area (TPSA) is 59.2 Å². The lowest BCUT2D eigenvalue weighted by Crippen LogP contribution is -2.42. The average molecular weight is 438 g/mol. The molecule has 0 bridgehead atoms. The minimum Gasteiger partial charge on any atom is -0.339 e. The molecule has 1 amide bonds. The van der Waals surface area contributed by atoms with Crippen LogP contribution in [-0.2, 0) is 17.6 Å². The van der Waals surface area contributed by atoms with E-state index in [1.54, 1.807) is 0 Å². The zero-order chi connectivity index (χ0) is 21.5. The molecule has 1 saturated carbocycles. The minimum atomic E-state index is 0.216. The van der Waals surface area contributed by atoms with Gasteiger partial charge in [-0.25, -0.2) is 0 Å². The van der Waals surface area contributed by atoms with Crippen LogP contribution in [0.1, 0.15) is 50.0 Å². The van der Waals surface area contributed by atoms with Crippen LogP contribution in [-0.4, -0.2) is 33.5 Å². The van der Waals surface area contributed by atoms with Gasteiger partial charge in [-0.2, -0.15) is 4.98 Å². The van der Waals surface area contributed by atoms with E-state index >= 15 is 0 Å². The molecular formula is C25H28ClN3O2. The molecule has 0 spiro atoms. The Balaban J connectivity index is 1.40. The lowest BCUT2D eigenvalue weighted by molar-refractivity contribution is -0.134. The van der Waals surface area contributed by atoms with Gasteiger partial charge in [-0.1, -0.05) is 66.4 Å². The van der Waals surface area contributed by atoms with Crippen molar-refractivity contribution in [2.45, 2.75) is 57.4 Å². The van der Waals surface area contributed by atoms with E-state index in [2.05, 4.69) is 27.2 Å². The number of amides is 1. The van der Waals surface area contributed by atoms with Gasteiger partial charge >= 0.3 is 0 Å². The van der Waals surface area contributed by atoms with E-state index in [4.69, 9.17) is 16.1 Å². The maximum atomic E-state index is 13.1. The molecule has 1 aliphatic carbocycles. The Labute approximate surface area is 188 Å². The van der Waals surface area contributed by atoms with Crippen molar-refractivity contribution in [1.82, 2.24) is 15.0 Å². The largest absolute Gasteiger partial charge is 0.339 e. The van der Waals surface area contributed by atoms with E-state index in [-0.39, 0.29) is 5.91 Å². The van der Waals surface area contributed by atoms with Gasteiger partial charge in [0.15, 0.2) is 0 Å². The van der Waals surface area contributed by atoms with Gasteiger partial charge in [-0.05, 0) is 49.1 Å². The lowest BCUT2D eigenvalue weighted by atomic mass is 9.93. The Morgan fingerprint density at radius 2 is 1.74 bits per heavy atom. The second-order valence-electron chi connectivity index (χ2n) is 8.13. The van der Waals surface area contributed by atoms with Gasteiger partial charge in [-0.15, -0.1) is 0 Å². The summed E-state index contributed by atoms with van der Waals surface area (Å²) in [6.45, 7) is 0.612. The number of aryl methyl sites for hydroxylation is 1. The molecule has 0 unspecified atom stereocenters. The molecular weight excluding hydrogens is 410 g/mol. The van der Waals surface area contributed by atoms with E-state index in [9.17, 15) is 4.79 Å². The predicted molar refractivity (Wildman–Crippen MR) is 122 cm³/mol. The Morgan fingerprint density at radius 3 is 2.48 bits per heavy atom. The van der Waals surface area contributed by atoms with Gasteiger partial charge in [0.05, 0.1) is 0 Å². The summed E-state index contributed by atoms with van der Waals surface area (Å²) in [5, 5.41) is 4.77. The Morgan fingerprint density at radius 1 is 1.00 bits per heavy atom. The molecule has 162 valence electrons. The summed E-state index contributed by atoms with van der Waals surface area (Å²) in [6.07, 6.45) is 7.66. The first-order valence-corrected chi connectivity index (χ1v) is 11.5. The lowest BCUT2D eigenvalue weighted by Gasteiger charge is -2.34. The fourth-order valence-electron chi connectivity index (χ4n) is 4.23. The molecule has 1 heterocycles. The van der Waals surface area contributed by atoms with Crippen LogP contribution in [0.25, 0.3) is 11.4 Å². The van der Waals surface area contributed by atoms with Crippen molar-refractivity contribution in [2.24, 2.45) is 0 Å². The molecule has 0 radical (unpaired) electrons. The number of benzene rings is 2. The molecule has 3 aromatic rings. The first-order chi connectivity index (χ1) is 15.2. The summed E-state index contributed by atoms with van der Waals surface area (Å²) in [6, 6.07) is 17.9. The molecule has 1 fully saturated rings. The van der Waals surface area contributed by atoms with Crippen LogP contribution in [0, 0.1) is 0 Å². The van der Waals surface area contributed by atoms with Gasteiger partial charge in [0.2, 0.25) is 17.6 Å². The summed E-state index contributed by atoms with van der Waals surface area (Å²) in [5.41, 5.74) is 2.06. The normalized spacial score (nSPS) is 14.5. The maximum absolute atomic E-state index is 13.1. The Kier molecular flexibility index (Phi) is 7.36. The van der Waals surface area contributed by atoms with E-state index in [0.717, 1.165) is 24.8 Å². The molecule has 2 aromatic carbocycles. The number of rotatable bonds is 8. The second kappa shape index (κ2) is 10.6. The highest BCUT2D eigenvalue weighted by molar-refractivity contribution is 6.30. The molecule has 31 heavy (non-hydrogen) atoms. The third kappa shape index (κ3) is 5.95. The average Bonchev–Trinajstić information content (AvgIpc) is 3.29. The fourth-order valence-corrected chi connectivity index (χ4v) is 4.36. The zero-order valence-corrected chi connectivity index (χ0v) is 18.4. The zero-order valence-electron chi connectivity index (χ0n) is 17.7. The molecule has 5 nitrogen and oxygen atoms in total. The van der Waals surface area contributed by atoms with Crippen molar-refractivity contribution < 1.29 is 9.32 Å². The number of carbonyl (C=O) groups excluding carboxylic acids is 1. The van der Waals surface area contributed by atoms with Crippen molar-refractivity contribution in [2.75, 3.05) is 6.54 Å². The maximum Gasteiger partial charge on any atom is 0.228 e. The smallest absolute Gasteiger partial charge is 0.228 e. The van der Waals surface area contributed by atoms with Crippen LogP contribution < -0.4 is 0 Å². The van der Waals surface area contributed by atoms with Gasteiger partial charge in [0.25, 0.3) is 0 Å². The van der Waals surface area contributed by atoms with Crippen molar-refractivity contribution in [3.05, 3.63) is 71.1 Å². The summed E-state index contributed by atoms with van der Waals surface area (Å²) in [7, 11) is 0. The van der Waals surface area contributed by atoms with Crippen LogP contribution >= 0.6 is 11.6 Å². The number of halogens is 1. The quantitative estimate of drug-likeness (QED) is 0.451. The van der Waals surface area contributed by atoms with Gasteiger partial charge < -0.3 is 9.42 Å². The number of carbonyl (C=O) groups is 1. The monoisotopic (exact) mass is 437 g/mol. The van der Waals surface area contributed by atoms with Gasteiger partial charge in [0, 0.05) is 36.0 Å². The fraction of sp³-hybridized carbons (Fsp3) is 0.400. The van der Waals surface area contributed by atoms with Crippen LogP contribution in [0.5, 0.6) is 0 Å². The third-order valence-electron chi connectivity index (χ3n) is 5.94. The number of nitrogens with zero attached hydrogens (tertiary/aromatic N) is 3. The molecule has 0 N–H and O–H groups in total. The van der Waals surface area contributed by atoms with E-state index in [1.165, 1.54) is 24.8 Å². The third-order valence-corrected chi connectivity index (χ3v) is 6.20. The minimum absolute atomic E-state index is 0.216. The molecule has 0 atom stereocenters. The van der Waals surface area contributed by atoms with E-state index < -0.39 is 0 Å². The van der Waals surface area contributed by atoms with Crippen molar-refractivity contribution in [3.63, 3.8) is 0 Å². The number of hydrogen-bond acceptors (Lipinski definition) is 4. The first-order valence-electron chi connectivity index (χ1n) is 11.1. The summed E-state index contributed by atoms with van der Waals surface area (Å²) in [4.78, 5) is 19.7. The van der Waals surface area contributed by atoms with Gasteiger partial charge in [-0.3, -0.25) is 4.79 Å². The number of aromatic nitrogens is 2. The molecule has 4 rings (SSSR count). The van der Waals surface area contributed by atoms with E-state index in [1.807, 2.05) is 42.5 Å². The highest BCUT2D eigenvalue weighted by Crippen LogP contribution is 2.24. The molecule has 6 heteroatoms. The predicted octanol–water partition coefficient (Wildman–Crippen LogP) is 5.73. The molecule has 0 aliphatic heterocycles. The van der Waals surface area contributed by atoms with E-state index in [0.29, 0.717) is 42.2 Å². The summed E-state index contributed by atoms with van der Waals surface area (Å²) in [5.74, 6) is 1.32. The SMILES string of the molecule is O=C(CCc1ccccc1)N(CCc1nc(-c2ccc(Cl)cc2)no1)C1CCCCC1. The molecule has 0 saturated heterocycles. The summed E-state index contributed by atoms with van der Waals surface area (Å²) < 4.78 is 5.46. The van der Waals surface area contributed by atoms with Crippen LogP contribution in [0.3, 0.4) is 0 Å². The second-order valence-corrected chi connectivity index (χ2v) is 8.57. The van der Waals surface area contributed by atoms with Crippen molar-refractivity contribution in [3.8, 4) is 11.4 Å². The van der Waals surface area contributed by atoms with Crippen LogP contribution in [0.2, 0.25) is 5.02 Å². The highest BCUT2D eigenvalue weighted by atomic mass is 35.5. The summed E-state index contributed by atoms with van der Waals surface area (Å²) >= 11 is 5.96. The van der Waals surface area contributed by atoms with Crippen LogP contribution in [0.4, 0.5) is 0 Å². The van der Waals surface area contributed by atoms with Crippen molar-refractivity contribution >= 4 is 17.5 Å². The Hall–Kier alpha value is -2.66.